The van der Waals surface area contributed by atoms with Crippen molar-refractivity contribution in [3.8, 4) is 0 Å². The van der Waals surface area contributed by atoms with E-state index in [9.17, 15) is 13.9 Å². The number of hydrogen-bond acceptors (Lipinski definition) is 3. The van der Waals surface area contributed by atoms with Gasteiger partial charge in [-0.15, -0.1) is 0 Å². The van der Waals surface area contributed by atoms with Crippen LogP contribution in [0.2, 0.25) is 0 Å². The summed E-state index contributed by atoms with van der Waals surface area (Å²) in [7, 11) is 0. The molecule has 5 heteroatoms. The fourth-order valence-electron chi connectivity index (χ4n) is 1.76. The molecule has 1 rings (SSSR count). The lowest BCUT2D eigenvalue weighted by Gasteiger charge is -2.38. The quantitative estimate of drug-likeness (QED) is 0.580. The molecular formula is C8H15F2NO2. The second kappa shape index (κ2) is 4.30. The molecule has 4 atom stereocenters. The van der Waals surface area contributed by atoms with Gasteiger partial charge in [-0.2, -0.15) is 0 Å². The normalized spacial score (nSPS) is 41.1. The predicted octanol–water partition coefficient (Wildman–Crippen LogP) is -0.0287. The van der Waals surface area contributed by atoms with Crippen molar-refractivity contribution < 1.29 is 19.0 Å². The number of nitrogens with one attached hydrogen (secondary N) is 1. The highest BCUT2D eigenvalue weighted by Gasteiger charge is 2.41. The van der Waals surface area contributed by atoms with Crippen LogP contribution in [-0.4, -0.2) is 41.4 Å². The number of β-amino-alcohol motifs (C(OH)–C–C–N with tert-alkyl or cyclic N) is 1. The summed E-state index contributed by atoms with van der Waals surface area (Å²) in [5, 5.41) is 21.3. The lowest BCUT2D eigenvalue weighted by molar-refractivity contribution is -0.103. The zero-order valence-corrected chi connectivity index (χ0v) is 7.45. The molecule has 0 aromatic heterocycles. The Morgan fingerprint density at radius 2 is 2.08 bits per heavy atom. The molecule has 1 heterocycles. The van der Waals surface area contributed by atoms with E-state index in [4.69, 9.17) is 5.11 Å². The van der Waals surface area contributed by atoms with Gasteiger partial charge >= 0.3 is 0 Å². The molecule has 1 unspecified atom stereocenters. The Balaban J connectivity index is 2.68. The molecule has 0 aromatic carbocycles. The molecular weight excluding hydrogens is 180 g/mol. The van der Waals surface area contributed by atoms with E-state index in [1.54, 1.807) is 6.92 Å². The third kappa shape index (κ3) is 2.15. The maximum Gasteiger partial charge on any atom is 0.245 e. The van der Waals surface area contributed by atoms with Crippen LogP contribution in [0.3, 0.4) is 0 Å². The second-order valence-electron chi connectivity index (χ2n) is 3.39. The van der Waals surface area contributed by atoms with Gasteiger partial charge in [0.1, 0.15) is 0 Å². The van der Waals surface area contributed by atoms with Crippen LogP contribution in [-0.2, 0) is 0 Å². The smallest absolute Gasteiger partial charge is 0.245 e. The minimum atomic E-state index is -2.60. The second-order valence-corrected chi connectivity index (χ2v) is 3.39. The highest BCUT2D eigenvalue weighted by atomic mass is 19.3. The Hall–Kier alpha value is -0.260. The fourth-order valence-corrected chi connectivity index (χ4v) is 1.76. The molecule has 0 spiro atoms. The average molecular weight is 195 g/mol. The Morgan fingerprint density at radius 3 is 2.54 bits per heavy atom. The van der Waals surface area contributed by atoms with Gasteiger partial charge in [0.2, 0.25) is 6.43 Å². The number of alkyl halides is 2. The molecule has 0 aliphatic carbocycles. The molecule has 3 nitrogen and oxygen atoms in total. The van der Waals surface area contributed by atoms with Crippen molar-refractivity contribution >= 4 is 0 Å². The van der Waals surface area contributed by atoms with Crippen molar-refractivity contribution in [3.63, 3.8) is 0 Å². The van der Waals surface area contributed by atoms with Crippen LogP contribution in [0, 0.1) is 5.92 Å². The molecule has 0 amide bonds. The molecule has 0 bridgehead atoms. The van der Waals surface area contributed by atoms with Crippen molar-refractivity contribution in [2.45, 2.75) is 38.0 Å². The van der Waals surface area contributed by atoms with Crippen LogP contribution in [0.4, 0.5) is 8.78 Å². The molecule has 78 valence electrons. The van der Waals surface area contributed by atoms with Crippen molar-refractivity contribution in [1.82, 2.24) is 5.32 Å². The van der Waals surface area contributed by atoms with Crippen LogP contribution in [0.1, 0.15) is 13.3 Å². The van der Waals surface area contributed by atoms with Crippen LogP contribution in [0.15, 0.2) is 0 Å². The molecule has 0 saturated carbocycles. The summed E-state index contributed by atoms with van der Waals surface area (Å²) >= 11 is 0. The fraction of sp³-hybridized carbons (Fsp3) is 1.00. The van der Waals surface area contributed by atoms with E-state index in [2.05, 4.69) is 5.32 Å². The monoisotopic (exact) mass is 195 g/mol. The van der Waals surface area contributed by atoms with Crippen molar-refractivity contribution in [2.75, 3.05) is 6.54 Å². The molecule has 13 heavy (non-hydrogen) atoms. The lowest BCUT2D eigenvalue weighted by Crippen LogP contribution is -2.58. The van der Waals surface area contributed by atoms with E-state index < -0.39 is 30.6 Å². The van der Waals surface area contributed by atoms with Gasteiger partial charge in [0.15, 0.2) is 0 Å². The summed E-state index contributed by atoms with van der Waals surface area (Å²) in [4.78, 5) is 0. The van der Waals surface area contributed by atoms with Gasteiger partial charge in [0.05, 0.1) is 18.1 Å². The minimum absolute atomic E-state index is 0.183. The first kappa shape index (κ1) is 10.8. The SMILES string of the molecule is CC[C@@H]1NC[C@@H](O)[C@H](O)C1C(F)F. The number of piperidine rings is 1. The van der Waals surface area contributed by atoms with Crippen LogP contribution in [0.25, 0.3) is 0 Å². The molecule has 1 saturated heterocycles. The standard InChI is InChI=1S/C8H15F2NO2/c1-2-4-6(8(9)10)7(13)5(12)3-11-4/h4-8,11-13H,2-3H2,1H3/t4-,5+,6?,7-/m0/s1. The Labute approximate surface area is 75.8 Å². The van der Waals surface area contributed by atoms with Gasteiger partial charge in [0, 0.05) is 12.6 Å². The van der Waals surface area contributed by atoms with E-state index >= 15 is 0 Å². The van der Waals surface area contributed by atoms with E-state index in [0.717, 1.165) is 0 Å². The number of halogens is 2. The van der Waals surface area contributed by atoms with Crippen molar-refractivity contribution in [3.05, 3.63) is 0 Å². The van der Waals surface area contributed by atoms with Crippen LogP contribution < -0.4 is 5.32 Å². The van der Waals surface area contributed by atoms with Gasteiger partial charge in [-0.3, -0.25) is 0 Å². The number of aliphatic hydroxyl groups is 2. The third-order valence-electron chi connectivity index (χ3n) is 2.57. The van der Waals surface area contributed by atoms with Gasteiger partial charge in [-0.1, -0.05) is 6.92 Å². The van der Waals surface area contributed by atoms with Crippen molar-refractivity contribution in [1.29, 1.82) is 0 Å². The number of rotatable bonds is 2. The van der Waals surface area contributed by atoms with E-state index in [0.29, 0.717) is 6.42 Å². The minimum Gasteiger partial charge on any atom is -0.390 e. The van der Waals surface area contributed by atoms with E-state index in [-0.39, 0.29) is 6.54 Å². The molecule has 1 aliphatic rings. The van der Waals surface area contributed by atoms with Crippen LogP contribution in [0.5, 0.6) is 0 Å². The first-order valence-corrected chi connectivity index (χ1v) is 4.45. The largest absolute Gasteiger partial charge is 0.390 e. The lowest BCUT2D eigenvalue weighted by atomic mass is 9.85. The molecule has 0 aromatic rings. The summed E-state index contributed by atoms with van der Waals surface area (Å²) in [6.45, 7) is 1.96. The first-order valence-electron chi connectivity index (χ1n) is 4.45. The van der Waals surface area contributed by atoms with Gasteiger partial charge in [0.25, 0.3) is 0 Å². The highest BCUT2D eigenvalue weighted by Crippen LogP contribution is 2.25. The summed E-state index contributed by atoms with van der Waals surface area (Å²) in [5.41, 5.74) is 0. The molecule has 1 fully saturated rings. The van der Waals surface area contributed by atoms with Gasteiger partial charge in [-0.25, -0.2) is 8.78 Å². The predicted molar refractivity (Wildman–Crippen MR) is 43.6 cm³/mol. The number of hydrogen-bond donors (Lipinski definition) is 3. The van der Waals surface area contributed by atoms with Gasteiger partial charge < -0.3 is 15.5 Å². The van der Waals surface area contributed by atoms with E-state index in [1.165, 1.54) is 0 Å². The Bertz CT molecular complexity index is 166. The third-order valence-corrected chi connectivity index (χ3v) is 2.57. The maximum absolute atomic E-state index is 12.5. The zero-order chi connectivity index (χ0) is 10.0. The average Bonchev–Trinajstić information content (AvgIpc) is 2.08. The van der Waals surface area contributed by atoms with Crippen molar-refractivity contribution in [2.24, 2.45) is 5.92 Å². The summed E-state index contributed by atoms with van der Waals surface area (Å²) < 4.78 is 24.9. The molecule has 0 radical (unpaired) electrons. The van der Waals surface area contributed by atoms with Gasteiger partial charge in [-0.05, 0) is 6.42 Å². The summed E-state index contributed by atoms with van der Waals surface area (Å²) in [5.74, 6) is -1.16. The molecule has 3 N–H and O–H groups in total. The molecule has 1 aliphatic heterocycles. The van der Waals surface area contributed by atoms with E-state index in [1.807, 2.05) is 0 Å². The van der Waals surface area contributed by atoms with Crippen LogP contribution >= 0.6 is 0 Å². The first-order chi connectivity index (χ1) is 6.07. The number of aliphatic hydroxyl groups excluding tert-OH is 2. The maximum atomic E-state index is 12.5. The highest BCUT2D eigenvalue weighted by molar-refractivity contribution is 4.92. The Kier molecular flexibility index (Phi) is 3.58. The summed E-state index contributed by atoms with van der Waals surface area (Å²) in [6, 6.07) is -0.404. The Morgan fingerprint density at radius 1 is 1.46 bits per heavy atom. The zero-order valence-electron chi connectivity index (χ0n) is 7.45. The topological polar surface area (TPSA) is 52.5 Å². The summed E-state index contributed by atoms with van der Waals surface area (Å²) in [6.07, 6.45) is -4.46.